The van der Waals surface area contributed by atoms with E-state index in [0.717, 1.165) is 0 Å². The Kier molecular flexibility index (Phi) is 6.06. The molecule has 7 nitrogen and oxygen atoms in total. The summed E-state index contributed by atoms with van der Waals surface area (Å²) in [5.74, 6) is 0.610. The van der Waals surface area contributed by atoms with Crippen LogP contribution in [0.25, 0.3) is 0 Å². The number of carbonyl (C=O) groups is 2. The Bertz CT molecular complexity index is 1070. The van der Waals surface area contributed by atoms with Gasteiger partial charge in [-0.1, -0.05) is 23.7 Å². The molecule has 1 aromatic carbocycles. The molecule has 0 radical (unpaired) electrons. The lowest BCUT2D eigenvalue weighted by molar-refractivity contribution is 0.0501. The van der Waals surface area contributed by atoms with Crippen molar-refractivity contribution in [2.75, 3.05) is 26.2 Å². The second-order valence-corrected chi connectivity index (χ2v) is 8.57. The van der Waals surface area contributed by atoms with Gasteiger partial charge in [0.05, 0.1) is 32.7 Å². The fraction of sp³-hybridized carbons (Fsp3) is 0.238. The first-order chi connectivity index (χ1) is 14.5. The van der Waals surface area contributed by atoms with Crippen LogP contribution in [0.4, 0.5) is 0 Å². The summed E-state index contributed by atoms with van der Waals surface area (Å²) in [6.07, 6.45) is 1.46. The highest BCUT2D eigenvalue weighted by molar-refractivity contribution is 7.84. The average Bonchev–Trinajstić information content (AvgIpc) is 3.45. The summed E-state index contributed by atoms with van der Waals surface area (Å²) in [5, 5.41) is 0.431. The first-order valence-electron chi connectivity index (χ1n) is 9.36. The van der Waals surface area contributed by atoms with E-state index in [4.69, 9.17) is 20.4 Å². The molecular formula is C21H19ClN2O5S. The summed E-state index contributed by atoms with van der Waals surface area (Å²) in [7, 11) is -1.38. The third kappa shape index (κ3) is 4.34. The van der Waals surface area contributed by atoms with Crippen molar-refractivity contribution in [3.05, 3.63) is 77.1 Å². The highest BCUT2D eigenvalue weighted by Crippen LogP contribution is 2.22. The third-order valence-corrected chi connectivity index (χ3v) is 6.65. The van der Waals surface area contributed by atoms with E-state index in [1.54, 1.807) is 58.3 Å². The van der Waals surface area contributed by atoms with Crippen LogP contribution >= 0.6 is 11.6 Å². The zero-order valence-electron chi connectivity index (χ0n) is 16.0. The van der Waals surface area contributed by atoms with E-state index in [1.807, 2.05) is 0 Å². The Labute approximate surface area is 180 Å². The van der Waals surface area contributed by atoms with E-state index in [9.17, 15) is 13.8 Å². The molecular weight excluding hydrogens is 428 g/mol. The highest BCUT2D eigenvalue weighted by atomic mass is 35.5. The molecule has 156 valence electrons. The van der Waals surface area contributed by atoms with Crippen LogP contribution < -0.4 is 0 Å². The van der Waals surface area contributed by atoms with Gasteiger partial charge in [0.25, 0.3) is 11.8 Å². The zero-order chi connectivity index (χ0) is 21.1. The smallest absolute Gasteiger partial charge is 0.289 e. The summed E-state index contributed by atoms with van der Waals surface area (Å²) >= 11 is 6.09. The number of rotatable bonds is 5. The molecule has 0 bridgehead atoms. The Balaban J connectivity index is 1.35. The van der Waals surface area contributed by atoms with Crippen LogP contribution in [-0.4, -0.2) is 52.0 Å². The molecule has 0 unspecified atom stereocenters. The van der Waals surface area contributed by atoms with E-state index in [0.29, 0.717) is 41.9 Å². The molecule has 0 N–H and O–H groups in total. The Morgan fingerprint density at radius 3 is 2.20 bits per heavy atom. The van der Waals surface area contributed by atoms with Crippen LogP contribution in [0, 0.1) is 0 Å². The van der Waals surface area contributed by atoms with E-state index in [1.165, 1.54) is 6.26 Å². The average molecular weight is 447 g/mol. The molecule has 0 saturated carbocycles. The molecule has 2 aromatic heterocycles. The largest absolute Gasteiger partial charge is 0.459 e. The van der Waals surface area contributed by atoms with Crippen molar-refractivity contribution in [2.45, 2.75) is 10.6 Å². The van der Waals surface area contributed by atoms with Crippen LogP contribution in [0.15, 0.2) is 68.5 Å². The molecule has 1 saturated heterocycles. The standard InChI is InChI=1S/C21H19ClN2O5S/c22-16-4-1-2-6-19(16)30(27)14-15-7-8-18(29-15)21(26)24-11-9-23(10-12-24)20(25)17-5-3-13-28-17/h1-8,13H,9-12,14H2/t30-/m0/s1. The summed E-state index contributed by atoms with van der Waals surface area (Å²) < 4.78 is 23.3. The van der Waals surface area contributed by atoms with Crippen molar-refractivity contribution < 1.29 is 22.6 Å². The molecule has 2 amide bonds. The number of benzene rings is 1. The molecule has 3 aromatic rings. The summed E-state index contributed by atoms with van der Waals surface area (Å²) in [5.41, 5.74) is 0. The molecule has 1 aliphatic rings. The minimum atomic E-state index is -1.38. The fourth-order valence-corrected chi connectivity index (χ4v) is 4.71. The second kappa shape index (κ2) is 8.89. The van der Waals surface area contributed by atoms with Gasteiger partial charge in [0.1, 0.15) is 5.76 Å². The Morgan fingerprint density at radius 2 is 1.57 bits per heavy atom. The lowest BCUT2D eigenvalue weighted by Crippen LogP contribution is -2.50. The fourth-order valence-electron chi connectivity index (χ4n) is 3.23. The number of halogens is 1. The van der Waals surface area contributed by atoms with Crippen molar-refractivity contribution in [3.63, 3.8) is 0 Å². The highest BCUT2D eigenvalue weighted by Gasteiger charge is 2.28. The van der Waals surface area contributed by atoms with Gasteiger partial charge in [-0.05, 0) is 36.4 Å². The van der Waals surface area contributed by atoms with E-state index in [-0.39, 0.29) is 29.1 Å². The number of hydrogen-bond acceptors (Lipinski definition) is 5. The molecule has 3 heterocycles. The van der Waals surface area contributed by atoms with Gasteiger partial charge in [0.2, 0.25) is 0 Å². The lowest BCUT2D eigenvalue weighted by atomic mass is 10.2. The first kappa shape index (κ1) is 20.4. The van der Waals surface area contributed by atoms with Gasteiger partial charge in [0, 0.05) is 26.2 Å². The minimum absolute atomic E-state index is 0.127. The number of hydrogen-bond donors (Lipinski definition) is 0. The molecule has 1 atom stereocenters. The van der Waals surface area contributed by atoms with Crippen LogP contribution in [0.2, 0.25) is 5.02 Å². The number of piperazine rings is 1. The van der Waals surface area contributed by atoms with Crippen molar-refractivity contribution in [3.8, 4) is 0 Å². The topological polar surface area (TPSA) is 84.0 Å². The zero-order valence-corrected chi connectivity index (χ0v) is 17.5. The second-order valence-electron chi connectivity index (χ2n) is 6.75. The Morgan fingerprint density at radius 1 is 0.900 bits per heavy atom. The van der Waals surface area contributed by atoms with Crippen LogP contribution in [0.1, 0.15) is 26.9 Å². The van der Waals surface area contributed by atoms with Gasteiger partial charge in [-0.25, -0.2) is 0 Å². The Hall–Kier alpha value is -2.84. The van der Waals surface area contributed by atoms with Gasteiger partial charge in [-0.2, -0.15) is 0 Å². The molecule has 1 fully saturated rings. The van der Waals surface area contributed by atoms with E-state index >= 15 is 0 Å². The van der Waals surface area contributed by atoms with E-state index < -0.39 is 10.8 Å². The maximum absolute atomic E-state index is 12.7. The van der Waals surface area contributed by atoms with Crippen LogP contribution in [0.5, 0.6) is 0 Å². The van der Waals surface area contributed by atoms with Gasteiger partial charge in [-0.3, -0.25) is 13.8 Å². The number of amides is 2. The monoisotopic (exact) mass is 446 g/mol. The van der Waals surface area contributed by atoms with Crippen molar-refractivity contribution in [1.29, 1.82) is 0 Å². The van der Waals surface area contributed by atoms with Crippen molar-refractivity contribution in [1.82, 2.24) is 9.80 Å². The molecule has 1 aliphatic heterocycles. The predicted molar refractivity (Wildman–Crippen MR) is 111 cm³/mol. The molecule has 4 rings (SSSR count). The van der Waals surface area contributed by atoms with Gasteiger partial charge >= 0.3 is 0 Å². The maximum atomic E-state index is 12.7. The normalized spacial score (nSPS) is 15.2. The quantitative estimate of drug-likeness (QED) is 0.599. The molecule has 0 spiro atoms. The third-order valence-electron chi connectivity index (χ3n) is 4.81. The van der Waals surface area contributed by atoms with E-state index in [2.05, 4.69) is 0 Å². The lowest BCUT2D eigenvalue weighted by Gasteiger charge is -2.33. The number of nitrogens with zero attached hydrogens (tertiary/aromatic N) is 2. The summed E-state index contributed by atoms with van der Waals surface area (Å²) in [6.45, 7) is 1.62. The molecule has 30 heavy (non-hydrogen) atoms. The molecule has 0 aliphatic carbocycles. The van der Waals surface area contributed by atoms with Crippen LogP contribution in [-0.2, 0) is 16.6 Å². The SMILES string of the molecule is O=C(c1ccco1)N1CCN(C(=O)c2ccc(C[S@](=O)c3ccccc3Cl)o2)CC1. The number of carbonyl (C=O) groups excluding carboxylic acids is 2. The minimum Gasteiger partial charge on any atom is -0.459 e. The number of furan rings is 2. The van der Waals surface area contributed by atoms with Crippen molar-refractivity contribution in [2.24, 2.45) is 0 Å². The first-order valence-corrected chi connectivity index (χ1v) is 11.1. The summed E-state index contributed by atoms with van der Waals surface area (Å²) in [4.78, 5) is 28.9. The van der Waals surface area contributed by atoms with Crippen LogP contribution in [0.3, 0.4) is 0 Å². The van der Waals surface area contributed by atoms with Crippen molar-refractivity contribution >= 4 is 34.2 Å². The van der Waals surface area contributed by atoms with Gasteiger partial charge in [-0.15, -0.1) is 0 Å². The van der Waals surface area contributed by atoms with Gasteiger partial charge in [0.15, 0.2) is 11.5 Å². The molecule has 9 heteroatoms. The maximum Gasteiger partial charge on any atom is 0.289 e. The predicted octanol–water partition coefficient (Wildman–Crippen LogP) is 3.43. The van der Waals surface area contributed by atoms with Gasteiger partial charge < -0.3 is 18.6 Å². The summed E-state index contributed by atoms with van der Waals surface area (Å²) in [6, 6.07) is 13.5.